The van der Waals surface area contributed by atoms with E-state index in [1.165, 1.54) is 21.6 Å². The van der Waals surface area contributed by atoms with Crippen molar-refractivity contribution in [2.45, 2.75) is 9.79 Å². The Bertz CT molecular complexity index is 1890. The van der Waals surface area contributed by atoms with Gasteiger partial charge in [0.25, 0.3) is 11.8 Å². The molecular formula is C34H24N6O2S2. The minimum atomic E-state index is -0.340. The molecule has 0 aliphatic carbocycles. The number of hydrogen-bond donors (Lipinski definition) is 2. The Morgan fingerprint density at radius 1 is 0.545 bits per heavy atom. The molecule has 0 aliphatic rings. The third kappa shape index (κ3) is 6.67. The summed E-state index contributed by atoms with van der Waals surface area (Å²) in [5, 5.41) is 10.3. The Morgan fingerprint density at radius 2 is 0.955 bits per heavy atom. The van der Waals surface area contributed by atoms with Crippen LogP contribution in [0.25, 0.3) is 21.8 Å². The van der Waals surface area contributed by atoms with Crippen molar-refractivity contribution < 1.29 is 9.59 Å². The molecule has 2 aromatic heterocycles. The van der Waals surface area contributed by atoms with Gasteiger partial charge in [0.05, 0.1) is 34.6 Å². The second kappa shape index (κ2) is 13.8. The molecule has 0 saturated carbocycles. The molecule has 214 valence electrons. The topological polar surface area (TPSA) is 109 Å². The average Bonchev–Trinajstić information content (AvgIpc) is 3.07. The van der Waals surface area contributed by atoms with Crippen LogP contribution in [0.2, 0.25) is 0 Å². The summed E-state index contributed by atoms with van der Waals surface area (Å²) in [7, 11) is 2.77. The Kier molecular flexibility index (Phi) is 9.01. The van der Waals surface area contributed by atoms with Gasteiger partial charge in [-0.05, 0) is 48.5 Å². The lowest BCUT2D eigenvalue weighted by Gasteiger charge is -2.10. The number of nitrogens with one attached hydrogen (secondary N) is 2. The highest BCUT2D eigenvalue weighted by molar-refractivity contribution is 8.76. The highest BCUT2D eigenvalue weighted by atomic mass is 33.1. The van der Waals surface area contributed by atoms with E-state index in [-0.39, 0.29) is 11.8 Å². The van der Waals surface area contributed by atoms with Gasteiger partial charge in [0.2, 0.25) is 0 Å². The molecule has 0 unspecified atom stereocenters. The summed E-state index contributed by atoms with van der Waals surface area (Å²) < 4.78 is 0. The third-order valence-electron chi connectivity index (χ3n) is 6.59. The van der Waals surface area contributed by atoms with Gasteiger partial charge in [-0.25, -0.2) is 10.9 Å². The van der Waals surface area contributed by atoms with Crippen LogP contribution in [-0.2, 0) is 0 Å². The molecule has 0 spiro atoms. The van der Waals surface area contributed by atoms with Crippen LogP contribution in [0.15, 0.2) is 142 Å². The van der Waals surface area contributed by atoms with E-state index in [2.05, 4.69) is 31.0 Å². The summed E-state index contributed by atoms with van der Waals surface area (Å²) >= 11 is 0. The average molecular weight is 613 g/mol. The van der Waals surface area contributed by atoms with Gasteiger partial charge in [0, 0.05) is 44.1 Å². The summed E-state index contributed by atoms with van der Waals surface area (Å²) in [6, 6.07) is 33.7. The Morgan fingerprint density at radius 3 is 1.43 bits per heavy atom. The van der Waals surface area contributed by atoms with Crippen molar-refractivity contribution in [1.29, 1.82) is 0 Å². The predicted octanol–water partition coefficient (Wildman–Crippen LogP) is 7.11. The highest BCUT2D eigenvalue weighted by Gasteiger charge is 2.15. The summed E-state index contributed by atoms with van der Waals surface area (Å²) in [6.45, 7) is 0. The monoisotopic (exact) mass is 612 g/mol. The van der Waals surface area contributed by atoms with Crippen LogP contribution in [0, 0.1) is 0 Å². The van der Waals surface area contributed by atoms with Crippen molar-refractivity contribution in [2.75, 3.05) is 0 Å². The first-order valence-electron chi connectivity index (χ1n) is 13.5. The molecule has 0 atom stereocenters. The van der Waals surface area contributed by atoms with Gasteiger partial charge in [-0.15, -0.1) is 0 Å². The molecule has 2 amide bonds. The van der Waals surface area contributed by atoms with Crippen LogP contribution in [0.3, 0.4) is 0 Å². The number of aromatic nitrogens is 2. The molecule has 6 rings (SSSR count). The lowest BCUT2D eigenvalue weighted by Crippen LogP contribution is -2.18. The molecule has 2 N–H and O–H groups in total. The number of rotatable bonds is 9. The summed E-state index contributed by atoms with van der Waals surface area (Å²) in [4.78, 5) is 36.3. The smallest absolute Gasteiger partial charge is 0.267 e. The summed E-state index contributed by atoms with van der Waals surface area (Å²) in [5.41, 5.74) is 9.61. The zero-order valence-corrected chi connectivity index (χ0v) is 24.8. The molecule has 8 nitrogen and oxygen atoms in total. The molecule has 6 aromatic rings. The third-order valence-corrected chi connectivity index (χ3v) is 9.07. The standard InChI is InChI=1S/C34H24N6O2S2/c41-33(39-37-21-23-17-19-35-29-13-5-1-9-25(23)29)27-11-3-7-15-31(27)43-44-32-16-8-4-12-28(32)34(42)40-38-22-24-18-20-36-30-14-6-2-10-26(24)30/h1-22H,(H,39,41)(H,40,42)/b37-21+,38-22+. The van der Waals surface area contributed by atoms with E-state index in [9.17, 15) is 9.59 Å². The van der Waals surface area contributed by atoms with E-state index in [1.807, 2.05) is 84.9 Å². The SMILES string of the molecule is O=C(N/N=C/c1ccnc2ccccc12)c1ccccc1SSc1ccccc1C(=O)N/N=C/c1ccnc2ccccc12. The number of para-hydroxylation sites is 2. The number of benzene rings is 4. The second-order valence-corrected chi connectivity index (χ2v) is 11.6. The van der Waals surface area contributed by atoms with Crippen molar-refractivity contribution in [2.24, 2.45) is 10.2 Å². The number of hydrogen-bond acceptors (Lipinski definition) is 8. The van der Waals surface area contributed by atoms with Gasteiger partial charge in [-0.1, -0.05) is 82.3 Å². The van der Waals surface area contributed by atoms with Crippen molar-refractivity contribution in [3.63, 3.8) is 0 Å². The van der Waals surface area contributed by atoms with E-state index in [1.54, 1.807) is 49.1 Å². The van der Waals surface area contributed by atoms with Gasteiger partial charge in [0.15, 0.2) is 0 Å². The van der Waals surface area contributed by atoms with Gasteiger partial charge in [-0.2, -0.15) is 10.2 Å². The normalized spacial score (nSPS) is 11.4. The van der Waals surface area contributed by atoms with E-state index < -0.39 is 0 Å². The van der Waals surface area contributed by atoms with Gasteiger partial charge in [-0.3, -0.25) is 19.6 Å². The molecule has 4 aromatic carbocycles. The van der Waals surface area contributed by atoms with Crippen LogP contribution in [0.4, 0.5) is 0 Å². The van der Waals surface area contributed by atoms with Gasteiger partial charge < -0.3 is 0 Å². The van der Waals surface area contributed by atoms with Crippen LogP contribution in [0.5, 0.6) is 0 Å². The number of carbonyl (C=O) groups excluding carboxylic acids is 2. The van der Waals surface area contributed by atoms with E-state index in [4.69, 9.17) is 0 Å². The Hall–Kier alpha value is -5.32. The fraction of sp³-hybridized carbons (Fsp3) is 0. The first kappa shape index (κ1) is 28.8. The zero-order chi connectivity index (χ0) is 30.1. The van der Waals surface area contributed by atoms with E-state index >= 15 is 0 Å². The van der Waals surface area contributed by atoms with Crippen LogP contribution in [-0.4, -0.2) is 34.2 Å². The predicted molar refractivity (Wildman–Crippen MR) is 178 cm³/mol. The molecule has 0 bridgehead atoms. The zero-order valence-electron chi connectivity index (χ0n) is 23.1. The first-order valence-corrected chi connectivity index (χ1v) is 15.7. The minimum Gasteiger partial charge on any atom is -0.267 e. The lowest BCUT2D eigenvalue weighted by molar-refractivity contribution is 0.0944. The number of carbonyl (C=O) groups is 2. The first-order chi connectivity index (χ1) is 21.7. The second-order valence-electron chi connectivity index (χ2n) is 9.39. The molecule has 10 heteroatoms. The summed E-state index contributed by atoms with van der Waals surface area (Å²) in [5.74, 6) is -0.681. The Labute approximate surface area is 261 Å². The highest BCUT2D eigenvalue weighted by Crippen LogP contribution is 2.40. The maximum atomic E-state index is 13.1. The maximum absolute atomic E-state index is 13.1. The van der Waals surface area contributed by atoms with E-state index in [0.29, 0.717) is 11.1 Å². The van der Waals surface area contributed by atoms with Crippen molar-refractivity contribution in [1.82, 2.24) is 20.8 Å². The molecule has 0 aliphatic heterocycles. The van der Waals surface area contributed by atoms with Crippen molar-refractivity contribution in [3.05, 3.63) is 144 Å². The lowest BCUT2D eigenvalue weighted by atomic mass is 10.1. The molecule has 44 heavy (non-hydrogen) atoms. The number of fused-ring (bicyclic) bond motifs is 2. The van der Waals surface area contributed by atoms with Crippen LogP contribution in [0.1, 0.15) is 31.8 Å². The van der Waals surface area contributed by atoms with Gasteiger partial charge >= 0.3 is 0 Å². The van der Waals surface area contributed by atoms with Crippen molar-refractivity contribution in [3.8, 4) is 0 Å². The molecule has 0 fully saturated rings. The Balaban J connectivity index is 1.12. The van der Waals surface area contributed by atoms with Crippen LogP contribution >= 0.6 is 21.6 Å². The fourth-order valence-corrected chi connectivity index (χ4v) is 6.81. The largest absolute Gasteiger partial charge is 0.272 e. The minimum absolute atomic E-state index is 0.340. The van der Waals surface area contributed by atoms with Crippen LogP contribution < -0.4 is 10.9 Å². The fourth-order valence-electron chi connectivity index (χ4n) is 4.45. The molecular weight excluding hydrogens is 589 g/mol. The van der Waals surface area contributed by atoms with Gasteiger partial charge in [0.1, 0.15) is 0 Å². The maximum Gasteiger partial charge on any atom is 0.272 e. The molecule has 0 saturated heterocycles. The quantitative estimate of drug-likeness (QED) is 0.102. The van der Waals surface area contributed by atoms with Crippen molar-refractivity contribution >= 4 is 67.6 Å². The molecule has 0 radical (unpaired) electrons. The molecule has 2 heterocycles. The van der Waals surface area contributed by atoms with E-state index in [0.717, 1.165) is 42.7 Å². The number of hydrazone groups is 2. The summed E-state index contributed by atoms with van der Waals surface area (Å²) in [6.07, 6.45) is 6.64. The number of nitrogens with zero attached hydrogens (tertiary/aromatic N) is 4. The number of pyridine rings is 2. The number of amides is 2.